The molecule has 4 rings (SSSR count). The second kappa shape index (κ2) is 8.44. The molecule has 0 atom stereocenters. The Balaban J connectivity index is 2.02. The van der Waals surface area contributed by atoms with Crippen molar-refractivity contribution in [3.63, 3.8) is 0 Å². The van der Waals surface area contributed by atoms with Crippen LogP contribution in [0.4, 0.5) is 26.3 Å². The number of hydrogen-bond donors (Lipinski definition) is 0. The van der Waals surface area contributed by atoms with Crippen molar-refractivity contribution >= 4 is 28.2 Å². The SMILES string of the molecule is CCOC(=O)c1cc(C(=O)c2cc(C(F)(F)F)cc(C(F)(F)F)c2)n2c1ccc1cc(C)ccc12. The molecule has 0 fully saturated rings. The lowest BCUT2D eigenvalue weighted by molar-refractivity contribution is -0.143. The highest BCUT2D eigenvalue weighted by Crippen LogP contribution is 2.37. The number of esters is 1. The molecule has 0 N–H and O–H groups in total. The number of ketones is 1. The third-order valence-corrected chi connectivity index (χ3v) is 5.46. The van der Waals surface area contributed by atoms with E-state index in [0.29, 0.717) is 23.0 Å². The number of aryl methyl sites for hydroxylation is 1. The highest BCUT2D eigenvalue weighted by Gasteiger charge is 2.38. The quantitative estimate of drug-likeness (QED) is 0.178. The van der Waals surface area contributed by atoms with Gasteiger partial charge in [-0.15, -0.1) is 0 Å². The number of carbonyl (C=O) groups is 2. The summed E-state index contributed by atoms with van der Waals surface area (Å²) in [5, 5.41) is 0.651. The molecule has 0 saturated heterocycles. The van der Waals surface area contributed by atoms with Gasteiger partial charge in [0.1, 0.15) is 0 Å². The van der Waals surface area contributed by atoms with Crippen LogP contribution in [0.1, 0.15) is 50.0 Å². The van der Waals surface area contributed by atoms with Crippen molar-refractivity contribution in [1.82, 2.24) is 4.40 Å². The number of aromatic nitrogens is 1. The molecule has 0 amide bonds. The number of fused-ring (bicyclic) bond motifs is 3. The second-order valence-electron chi connectivity index (χ2n) is 7.90. The summed E-state index contributed by atoms with van der Waals surface area (Å²) in [6.07, 6.45) is -10.2. The maximum Gasteiger partial charge on any atom is 0.416 e. The average Bonchev–Trinajstić information content (AvgIpc) is 3.17. The molecule has 0 bridgehead atoms. The fraction of sp³-hybridized carbons (Fsp3) is 0.200. The molecule has 0 radical (unpaired) electrons. The van der Waals surface area contributed by atoms with E-state index < -0.39 is 40.8 Å². The summed E-state index contributed by atoms with van der Waals surface area (Å²) in [6, 6.07) is 10.2. The highest BCUT2D eigenvalue weighted by molar-refractivity contribution is 6.12. The number of nitrogens with zero attached hydrogens (tertiary/aromatic N) is 1. The van der Waals surface area contributed by atoms with Crippen LogP contribution in [0.3, 0.4) is 0 Å². The van der Waals surface area contributed by atoms with Crippen LogP contribution in [0.5, 0.6) is 0 Å². The molecule has 0 unspecified atom stereocenters. The van der Waals surface area contributed by atoms with Crippen molar-refractivity contribution in [1.29, 1.82) is 0 Å². The van der Waals surface area contributed by atoms with Gasteiger partial charge in [0, 0.05) is 5.56 Å². The van der Waals surface area contributed by atoms with Crippen molar-refractivity contribution in [2.75, 3.05) is 6.61 Å². The summed E-state index contributed by atoms with van der Waals surface area (Å²) < 4.78 is 86.5. The van der Waals surface area contributed by atoms with E-state index in [4.69, 9.17) is 4.74 Å². The lowest BCUT2D eigenvalue weighted by Crippen LogP contribution is -2.14. The minimum absolute atomic E-state index is 0.0226. The van der Waals surface area contributed by atoms with Gasteiger partial charge in [0.25, 0.3) is 0 Å². The molecule has 0 saturated carbocycles. The van der Waals surface area contributed by atoms with E-state index in [1.54, 1.807) is 31.2 Å². The molecule has 4 aromatic rings. The first-order valence-corrected chi connectivity index (χ1v) is 10.4. The Morgan fingerprint density at radius 2 is 1.43 bits per heavy atom. The largest absolute Gasteiger partial charge is 0.462 e. The van der Waals surface area contributed by atoms with Crippen molar-refractivity contribution in [2.24, 2.45) is 0 Å². The Morgan fingerprint density at radius 3 is 2.00 bits per heavy atom. The van der Waals surface area contributed by atoms with Crippen LogP contribution in [0.2, 0.25) is 0 Å². The van der Waals surface area contributed by atoms with Gasteiger partial charge in [0.05, 0.1) is 40.0 Å². The molecule has 182 valence electrons. The summed E-state index contributed by atoms with van der Waals surface area (Å²) in [7, 11) is 0. The lowest BCUT2D eigenvalue weighted by Gasteiger charge is -2.14. The number of alkyl halides is 6. The number of hydrogen-bond acceptors (Lipinski definition) is 3. The van der Waals surface area contributed by atoms with E-state index in [1.165, 1.54) is 10.5 Å². The van der Waals surface area contributed by atoms with Gasteiger partial charge in [-0.05, 0) is 61.7 Å². The van der Waals surface area contributed by atoms with Crippen LogP contribution >= 0.6 is 0 Å². The Bertz CT molecular complexity index is 1450. The lowest BCUT2D eigenvalue weighted by atomic mass is 10.00. The highest BCUT2D eigenvalue weighted by atomic mass is 19.4. The van der Waals surface area contributed by atoms with Crippen LogP contribution < -0.4 is 0 Å². The zero-order valence-corrected chi connectivity index (χ0v) is 18.3. The van der Waals surface area contributed by atoms with Gasteiger partial charge in [0.2, 0.25) is 5.78 Å². The van der Waals surface area contributed by atoms with Crippen LogP contribution in [-0.4, -0.2) is 22.8 Å². The Kier molecular flexibility index (Phi) is 5.86. The third-order valence-electron chi connectivity index (χ3n) is 5.46. The number of ether oxygens (including phenoxy) is 1. The predicted molar refractivity (Wildman–Crippen MR) is 115 cm³/mol. The topological polar surface area (TPSA) is 47.8 Å². The van der Waals surface area contributed by atoms with Gasteiger partial charge < -0.3 is 9.14 Å². The number of benzene rings is 2. The van der Waals surface area contributed by atoms with E-state index in [2.05, 4.69) is 0 Å². The van der Waals surface area contributed by atoms with Crippen LogP contribution in [0, 0.1) is 6.92 Å². The van der Waals surface area contributed by atoms with E-state index >= 15 is 0 Å². The van der Waals surface area contributed by atoms with E-state index in [0.717, 1.165) is 11.6 Å². The van der Waals surface area contributed by atoms with Crippen LogP contribution in [0.15, 0.2) is 54.6 Å². The Morgan fingerprint density at radius 1 is 0.829 bits per heavy atom. The van der Waals surface area contributed by atoms with Crippen molar-refractivity contribution in [2.45, 2.75) is 26.2 Å². The summed E-state index contributed by atoms with van der Waals surface area (Å²) in [5.41, 5.74) is -2.79. The molecule has 0 spiro atoms. The third kappa shape index (κ3) is 4.48. The normalized spacial score (nSPS) is 12.3. The fourth-order valence-corrected chi connectivity index (χ4v) is 3.90. The minimum atomic E-state index is -5.11. The maximum atomic E-state index is 13.4. The summed E-state index contributed by atoms with van der Waals surface area (Å²) in [5.74, 6) is -1.89. The van der Waals surface area contributed by atoms with Crippen LogP contribution in [-0.2, 0) is 17.1 Å². The molecule has 10 heteroatoms. The Labute approximate surface area is 194 Å². The number of rotatable bonds is 4. The standard InChI is InChI=1S/C25H17F6NO3/c1-3-35-23(34)18-12-21(32-19-6-4-13(2)8-14(19)5-7-20(18)32)22(33)15-9-16(24(26,27)28)11-17(10-15)25(29,30)31/h4-12H,3H2,1-2H3. The predicted octanol–water partition coefficient (Wildman–Crippen LogP) is 6.85. The first-order chi connectivity index (χ1) is 16.3. The van der Waals surface area contributed by atoms with E-state index in [1.807, 2.05) is 6.92 Å². The molecule has 4 nitrogen and oxygen atoms in total. The monoisotopic (exact) mass is 493 g/mol. The van der Waals surface area contributed by atoms with Gasteiger partial charge in [-0.25, -0.2) is 4.79 Å². The fourth-order valence-electron chi connectivity index (χ4n) is 3.90. The smallest absolute Gasteiger partial charge is 0.416 e. The van der Waals surface area contributed by atoms with Gasteiger partial charge >= 0.3 is 18.3 Å². The summed E-state index contributed by atoms with van der Waals surface area (Å²) in [4.78, 5) is 26.0. The van der Waals surface area contributed by atoms with Crippen LogP contribution in [0.25, 0.3) is 16.4 Å². The minimum Gasteiger partial charge on any atom is -0.462 e. The first-order valence-electron chi connectivity index (χ1n) is 10.4. The summed E-state index contributed by atoms with van der Waals surface area (Å²) in [6.45, 7) is 3.42. The van der Waals surface area contributed by atoms with Gasteiger partial charge in [-0.3, -0.25) is 4.79 Å². The number of halogens is 6. The van der Waals surface area contributed by atoms with Crippen molar-refractivity contribution in [3.8, 4) is 0 Å². The summed E-state index contributed by atoms with van der Waals surface area (Å²) >= 11 is 0. The van der Waals surface area contributed by atoms with Crippen molar-refractivity contribution < 1.29 is 40.7 Å². The average molecular weight is 493 g/mol. The van der Waals surface area contributed by atoms with E-state index in [9.17, 15) is 35.9 Å². The Hall–Kier alpha value is -3.82. The maximum absolute atomic E-state index is 13.4. The van der Waals surface area contributed by atoms with Gasteiger partial charge in [-0.1, -0.05) is 17.7 Å². The number of pyridine rings is 1. The first kappa shape index (κ1) is 24.3. The van der Waals surface area contributed by atoms with Crippen molar-refractivity contribution in [3.05, 3.63) is 88.1 Å². The molecule has 2 aromatic carbocycles. The second-order valence-corrected chi connectivity index (χ2v) is 7.90. The molecule has 35 heavy (non-hydrogen) atoms. The molecule has 2 heterocycles. The van der Waals surface area contributed by atoms with Gasteiger partial charge in [-0.2, -0.15) is 26.3 Å². The molecule has 0 aliphatic rings. The zero-order chi connectivity index (χ0) is 25.7. The molecule has 0 aliphatic heterocycles. The molecule has 0 aliphatic carbocycles. The molecule has 2 aromatic heterocycles. The van der Waals surface area contributed by atoms with E-state index in [-0.39, 0.29) is 29.4 Å². The zero-order valence-electron chi connectivity index (χ0n) is 18.3. The van der Waals surface area contributed by atoms with Gasteiger partial charge in [0.15, 0.2) is 0 Å². The molecular formula is C25H17F6NO3. The number of carbonyl (C=O) groups excluding carboxylic acids is 2. The molecular weight excluding hydrogens is 476 g/mol.